The summed E-state index contributed by atoms with van der Waals surface area (Å²) in [5, 5.41) is 0. The second-order valence-electron chi connectivity index (χ2n) is 0. The normalized spacial score (nSPS) is 0. The maximum absolute atomic E-state index is 0. The van der Waals surface area contributed by atoms with E-state index in [2.05, 4.69) is 0 Å². The van der Waals surface area contributed by atoms with Gasteiger partial charge in [0.15, 0.2) is 0 Å². The Kier molecular flexibility index (Phi) is 125000. The van der Waals surface area contributed by atoms with Crippen LogP contribution in [0.5, 0.6) is 0 Å². The first kappa shape index (κ1) is 2950. The van der Waals surface area contributed by atoms with Crippen molar-refractivity contribution in [1.82, 2.24) is 0 Å². The van der Waals surface area contributed by atoms with E-state index in [1.165, 1.54) is 0 Å². The van der Waals surface area contributed by atoms with Crippen LogP contribution < -0.4 is 0 Å². The summed E-state index contributed by atoms with van der Waals surface area (Å²) < 4.78 is 0. The van der Waals surface area contributed by atoms with Gasteiger partial charge in [0, 0.05) is 0 Å². The summed E-state index contributed by atoms with van der Waals surface area (Å²) in [6.07, 6.45) is 0. The third kappa shape index (κ3) is 2770. The quantitative estimate of drug-likeness (QED) is 0.204. The van der Waals surface area contributed by atoms with Gasteiger partial charge in [-0.25, -0.2) is 0 Å². The molecule has 0 N–H and O–H groups in total. The van der Waals surface area contributed by atoms with Gasteiger partial charge in [-0.2, -0.15) is 0 Å². The van der Waals surface area contributed by atoms with Crippen molar-refractivity contribution >= 4 is 445 Å². The molecule has 34 radical (unpaired) electrons. The molecule has 0 bridgehead atoms. The van der Waals surface area contributed by atoms with Crippen molar-refractivity contribution < 1.29 is 274 Å². The second-order valence-corrected chi connectivity index (χ2v) is 0. The molecule has 0 amide bonds. The molecular formula is Bi17O50-49. The number of hydrogen-bond acceptors (Lipinski definition) is 0. The van der Waals surface area contributed by atoms with E-state index in [1.807, 2.05) is 0 Å². The summed E-state index contributed by atoms with van der Waals surface area (Å²) in [6.45, 7) is 0. The molecule has 434 valence electrons. The molecular weight excluding hydrogens is 4350 g/mol. The molecule has 0 unspecified atom stereocenters. The minimum absolute atomic E-state index is 0. The average molecular weight is 4350 g/mol. The van der Waals surface area contributed by atoms with Gasteiger partial charge < -0.3 is 274 Å². The van der Waals surface area contributed by atoms with Gasteiger partial charge in [0.25, 0.3) is 0 Å². The Balaban J connectivity index is 0. The SMILES string of the molecule is [Bi+3].[Bi+3].[Bi+3].[Bi+3].[Bi+3].[Bi+3].[Bi+3].[Bi+3].[Bi+3].[Bi+3].[Bi+3].[Bi+3].[Bi+3].[Bi+3].[Bi+3].[Bi+3].[Bi+3].[O-2].[O-2].[O-2].[O-2].[O-2].[O-2].[O-2].[O-2].[O-2].[O-2].[O-2].[O-2].[O-2].[O-2].[O-2].[O-2].[O-2].[O-2].[O-2].[O-2].[O-2].[O-2].[O-2].[O-2].[O-2].[O-2].[O-2].[O-2].[O-2].[O-2].[O-2].[O-2].[O-2].[O-2].[O-2].[O-2].[O-2].[O-2].[O-2].[O-2].[O-2].[O-2].[O-2].[O-2].[O-2].[O-2].[O-2].[O-2].[O-2].[O-2]. The molecule has 0 rings (SSSR count). The van der Waals surface area contributed by atoms with Gasteiger partial charge in [-0.1, -0.05) is 0 Å². The van der Waals surface area contributed by atoms with E-state index in [0.717, 1.165) is 0 Å². The smallest absolute Gasteiger partial charge is 2.00 e. The van der Waals surface area contributed by atoms with Crippen molar-refractivity contribution in [1.29, 1.82) is 0 Å². The van der Waals surface area contributed by atoms with Crippen molar-refractivity contribution in [3.8, 4) is 0 Å². The Hall–Kier alpha value is 13.0. The number of hydrogen-bond donors (Lipinski definition) is 0. The Bertz CT molecular complexity index is 54.7. The molecule has 0 saturated carbocycles. The van der Waals surface area contributed by atoms with Gasteiger partial charge in [-0.05, 0) is 0 Å². The Labute approximate surface area is 705 Å². The van der Waals surface area contributed by atoms with E-state index in [0.29, 0.717) is 0 Å². The van der Waals surface area contributed by atoms with Gasteiger partial charge in [-0.3, -0.25) is 0 Å². The van der Waals surface area contributed by atoms with Gasteiger partial charge in [0.2, 0.25) is 0 Å². The summed E-state index contributed by atoms with van der Waals surface area (Å²) >= 11 is 0. The van der Waals surface area contributed by atoms with E-state index in [-0.39, 0.29) is 719 Å². The predicted octanol–water partition coefficient (Wildman–Crippen LogP) is -12.4. The zero-order valence-corrected chi connectivity index (χ0v) is 87.1. The van der Waals surface area contributed by atoms with Crippen molar-refractivity contribution in [2.24, 2.45) is 0 Å². The van der Waals surface area contributed by atoms with Gasteiger partial charge in [0.05, 0.1) is 0 Å². The summed E-state index contributed by atoms with van der Waals surface area (Å²) in [6, 6.07) is 0. The summed E-state index contributed by atoms with van der Waals surface area (Å²) in [5.41, 5.74) is 0. The minimum atomic E-state index is 0. The maximum atomic E-state index is 0. The van der Waals surface area contributed by atoms with Crippen LogP contribution in [0.4, 0.5) is 0 Å². The van der Waals surface area contributed by atoms with Crippen molar-refractivity contribution in [3.05, 3.63) is 0 Å². The molecule has 0 aliphatic rings. The zero-order chi connectivity index (χ0) is 0. The van der Waals surface area contributed by atoms with Crippen LogP contribution in [0.3, 0.4) is 0 Å². The molecule has 67 heteroatoms. The molecule has 0 aliphatic heterocycles. The molecule has 0 aromatic heterocycles. The Morgan fingerprint density at radius 1 is 0.0299 bits per heavy atom. The fourth-order valence-corrected chi connectivity index (χ4v) is 0. The van der Waals surface area contributed by atoms with Crippen LogP contribution in [0, 0.1) is 0 Å². The van der Waals surface area contributed by atoms with E-state index in [4.69, 9.17) is 0 Å². The summed E-state index contributed by atoms with van der Waals surface area (Å²) in [7, 11) is 0. The topological polar surface area (TPSA) is 1420 Å². The molecule has 67 heavy (non-hydrogen) atoms. The predicted molar refractivity (Wildman–Crippen MR) is 132 cm³/mol. The first-order valence-corrected chi connectivity index (χ1v) is 0. The van der Waals surface area contributed by atoms with Crippen molar-refractivity contribution in [3.63, 3.8) is 0 Å². The van der Waals surface area contributed by atoms with Crippen LogP contribution >= 0.6 is 0 Å². The molecule has 0 aromatic rings. The van der Waals surface area contributed by atoms with Crippen LogP contribution in [0.25, 0.3) is 0 Å². The number of rotatable bonds is 0. The van der Waals surface area contributed by atoms with Gasteiger partial charge in [0.1, 0.15) is 0 Å². The average Bonchev–Trinajstić information content (AvgIpc) is 0. The largest absolute Gasteiger partial charge is 3.00 e. The standard InChI is InChI=1S/17Bi.50O/q17*+3;50*-2. The molecule has 0 aliphatic carbocycles. The first-order valence-electron chi connectivity index (χ1n) is 0. The summed E-state index contributed by atoms with van der Waals surface area (Å²) in [4.78, 5) is 0. The fourth-order valence-electron chi connectivity index (χ4n) is 0. The Morgan fingerprint density at radius 2 is 0.0299 bits per heavy atom. The van der Waals surface area contributed by atoms with Gasteiger partial charge >= 0.3 is 445 Å². The third-order valence-corrected chi connectivity index (χ3v) is 0. The molecule has 50 nitrogen and oxygen atoms in total. The van der Waals surface area contributed by atoms with Crippen LogP contribution in [-0.4, -0.2) is 445 Å². The minimum Gasteiger partial charge on any atom is -2.00 e. The van der Waals surface area contributed by atoms with Crippen LogP contribution in [-0.2, 0) is 274 Å². The van der Waals surface area contributed by atoms with Crippen LogP contribution in [0.1, 0.15) is 0 Å². The van der Waals surface area contributed by atoms with E-state index in [9.17, 15) is 0 Å². The fraction of sp³-hybridized carbons (Fsp3) is 0. The monoisotopic (exact) mass is 4350 g/mol. The maximum Gasteiger partial charge on any atom is 3.00 e. The zero-order valence-electron chi connectivity index (χ0n) is 28.0. The van der Waals surface area contributed by atoms with E-state index >= 15 is 0 Å². The van der Waals surface area contributed by atoms with Crippen LogP contribution in [0.15, 0.2) is 0 Å². The molecule has 0 saturated heterocycles. The van der Waals surface area contributed by atoms with Crippen LogP contribution in [0.2, 0.25) is 0 Å². The molecule has 0 heterocycles. The van der Waals surface area contributed by atoms with E-state index < -0.39 is 0 Å². The molecule has 0 aromatic carbocycles. The van der Waals surface area contributed by atoms with E-state index in [1.54, 1.807) is 0 Å². The first-order chi connectivity index (χ1) is 0. The third-order valence-electron chi connectivity index (χ3n) is 0. The summed E-state index contributed by atoms with van der Waals surface area (Å²) in [5.74, 6) is 0. The molecule has 0 spiro atoms. The second kappa shape index (κ2) is 2840. The molecule has 0 atom stereocenters. The Morgan fingerprint density at radius 3 is 0.0299 bits per heavy atom. The van der Waals surface area contributed by atoms with Crippen molar-refractivity contribution in [2.45, 2.75) is 0 Å². The molecule has 0 fully saturated rings. The van der Waals surface area contributed by atoms with Crippen molar-refractivity contribution in [2.75, 3.05) is 0 Å². The van der Waals surface area contributed by atoms with Gasteiger partial charge in [-0.15, -0.1) is 0 Å².